The summed E-state index contributed by atoms with van der Waals surface area (Å²) < 4.78 is 17.2. The van der Waals surface area contributed by atoms with Gasteiger partial charge in [0.15, 0.2) is 11.5 Å². The number of amides is 1. The molecule has 2 heterocycles. The lowest BCUT2D eigenvalue weighted by molar-refractivity contribution is -0.127. The van der Waals surface area contributed by atoms with Crippen molar-refractivity contribution in [1.29, 1.82) is 0 Å². The van der Waals surface area contributed by atoms with Gasteiger partial charge in [0.2, 0.25) is 12.0 Å². The molecule has 30 heavy (non-hydrogen) atoms. The number of benzene rings is 2. The zero-order chi connectivity index (χ0) is 20.9. The van der Waals surface area contributed by atoms with Crippen LogP contribution in [0, 0.1) is 0 Å². The lowest BCUT2D eigenvalue weighted by Gasteiger charge is -2.23. The first-order chi connectivity index (χ1) is 14.6. The topological polar surface area (TPSA) is 77.7 Å². The van der Waals surface area contributed by atoms with Crippen molar-refractivity contribution in [1.82, 2.24) is 15.1 Å². The Morgan fingerprint density at radius 3 is 2.60 bits per heavy atom. The molecule has 4 rings (SSSR count). The molecule has 1 atom stereocenters. The van der Waals surface area contributed by atoms with Crippen molar-refractivity contribution >= 4 is 17.7 Å². The first kappa shape index (κ1) is 20.3. The summed E-state index contributed by atoms with van der Waals surface area (Å²) in [6, 6.07) is 15.8. The predicted molar refractivity (Wildman–Crippen MR) is 113 cm³/mol. The van der Waals surface area contributed by atoms with E-state index in [2.05, 4.69) is 41.4 Å². The maximum Gasteiger partial charge on any atom is 0.277 e. The quantitative estimate of drug-likeness (QED) is 0.531. The summed E-state index contributed by atoms with van der Waals surface area (Å²) in [6.07, 6.45) is 0.536. The van der Waals surface area contributed by atoms with E-state index in [1.807, 2.05) is 24.3 Å². The van der Waals surface area contributed by atoms with Gasteiger partial charge in [-0.3, -0.25) is 4.79 Å². The highest BCUT2D eigenvalue weighted by Crippen LogP contribution is 2.35. The molecule has 0 fully saturated rings. The van der Waals surface area contributed by atoms with Crippen LogP contribution < -0.4 is 9.47 Å². The number of para-hydroxylation sites is 2. The fraction of sp³-hybridized carbons (Fsp3) is 0.318. The van der Waals surface area contributed by atoms with Gasteiger partial charge in [-0.1, -0.05) is 55.1 Å². The Kier molecular flexibility index (Phi) is 6.23. The molecule has 1 unspecified atom stereocenters. The molecule has 2 aromatic carbocycles. The van der Waals surface area contributed by atoms with Crippen molar-refractivity contribution in [3.63, 3.8) is 0 Å². The van der Waals surface area contributed by atoms with Crippen LogP contribution in [0.25, 0.3) is 0 Å². The Morgan fingerprint density at radius 1 is 1.10 bits per heavy atom. The Balaban J connectivity index is 1.29. The number of aryl methyl sites for hydroxylation is 1. The Bertz CT molecular complexity index is 1010. The molecule has 0 radical (unpaired) electrons. The number of rotatable bonds is 7. The highest BCUT2D eigenvalue weighted by atomic mass is 32.2. The number of ether oxygens (including phenoxy) is 2. The summed E-state index contributed by atoms with van der Waals surface area (Å²) in [4.78, 5) is 14.2. The van der Waals surface area contributed by atoms with Gasteiger partial charge in [0.1, 0.15) is 6.61 Å². The monoisotopic (exact) mass is 425 g/mol. The molecule has 0 spiro atoms. The number of nitrogens with zero attached hydrogens (tertiary/aromatic N) is 3. The van der Waals surface area contributed by atoms with Crippen LogP contribution in [0.3, 0.4) is 0 Å². The van der Waals surface area contributed by atoms with Gasteiger partial charge >= 0.3 is 0 Å². The third kappa shape index (κ3) is 4.76. The van der Waals surface area contributed by atoms with E-state index in [1.165, 1.54) is 17.3 Å². The molecule has 0 N–H and O–H groups in total. The molecule has 8 heteroatoms. The maximum absolute atomic E-state index is 12.5. The summed E-state index contributed by atoms with van der Waals surface area (Å²) in [6.45, 7) is 2.98. The highest BCUT2D eigenvalue weighted by Gasteiger charge is 2.27. The van der Waals surface area contributed by atoms with Gasteiger partial charge in [0.25, 0.3) is 11.1 Å². The fourth-order valence-corrected chi connectivity index (χ4v) is 3.74. The van der Waals surface area contributed by atoms with Crippen LogP contribution in [-0.4, -0.2) is 40.4 Å². The minimum Gasteiger partial charge on any atom is -0.485 e. The van der Waals surface area contributed by atoms with E-state index in [4.69, 9.17) is 13.9 Å². The number of hydrogen-bond acceptors (Lipinski definition) is 7. The van der Waals surface area contributed by atoms with Crippen LogP contribution in [0.4, 0.5) is 0 Å². The molecular weight excluding hydrogens is 402 g/mol. The number of fused-ring (bicyclic) bond motifs is 1. The van der Waals surface area contributed by atoms with E-state index in [0.29, 0.717) is 35.8 Å². The Morgan fingerprint density at radius 2 is 1.83 bits per heavy atom. The van der Waals surface area contributed by atoms with Crippen molar-refractivity contribution in [3.05, 3.63) is 65.5 Å². The standard InChI is InChI=1S/C22H23N3O4S/c1-3-15-8-10-16(11-9-15)12-25(2)20(26)14-30-22-24-23-21(29-22)19-13-27-17-6-4-5-7-18(17)28-19/h4-11,19H,3,12-14H2,1-2H3. The number of aromatic nitrogens is 2. The van der Waals surface area contributed by atoms with E-state index in [9.17, 15) is 4.79 Å². The van der Waals surface area contributed by atoms with Gasteiger partial charge in [-0.05, 0) is 29.7 Å². The molecule has 0 bridgehead atoms. The molecule has 0 saturated carbocycles. The molecule has 7 nitrogen and oxygen atoms in total. The molecule has 0 saturated heterocycles. The van der Waals surface area contributed by atoms with E-state index in [1.54, 1.807) is 11.9 Å². The Hall–Kier alpha value is -3.00. The van der Waals surface area contributed by atoms with Crippen LogP contribution in [0.15, 0.2) is 58.2 Å². The normalized spacial score (nSPS) is 15.1. The zero-order valence-corrected chi connectivity index (χ0v) is 17.7. The minimum atomic E-state index is -0.466. The number of carbonyl (C=O) groups is 1. The average Bonchev–Trinajstić information content (AvgIpc) is 3.26. The van der Waals surface area contributed by atoms with E-state index < -0.39 is 6.10 Å². The average molecular weight is 426 g/mol. The van der Waals surface area contributed by atoms with Crippen LogP contribution in [-0.2, 0) is 17.8 Å². The Labute approximate surface area is 179 Å². The van der Waals surface area contributed by atoms with Crippen molar-refractivity contribution in [2.24, 2.45) is 0 Å². The van der Waals surface area contributed by atoms with Crippen LogP contribution in [0.5, 0.6) is 11.5 Å². The van der Waals surface area contributed by atoms with Gasteiger partial charge < -0.3 is 18.8 Å². The van der Waals surface area contributed by atoms with E-state index in [0.717, 1.165) is 12.0 Å². The fourth-order valence-electron chi connectivity index (χ4n) is 3.03. The van der Waals surface area contributed by atoms with Gasteiger partial charge in [-0.15, -0.1) is 10.2 Å². The molecule has 3 aromatic rings. The summed E-state index contributed by atoms with van der Waals surface area (Å²) in [5, 5.41) is 8.41. The van der Waals surface area contributed by atoms with Crippen LogP contribution in [0.2, 0.25) is 0 Å². The zero-order valence-electron chi connectivity index (χ0n) is 16.9. The molecule has 156 valence electrons. The molecular formula is C22H23N3O4S. The van der Waals surface area contributed by atoms with E-state index >= 15 is 0 Å². The second-order valence-electron chi connectivity index (χ2n) is 6.98. The number of carbonyl (C=O) groups excluding carboxylic acids is 1. The number of thioether (sulfide) groups is 1. The SMILES string of the molecule is CCc1ccc(CN(C)C(=O)CSc2nnc(C3COc4ccccc4O3)o2)cc1. The van der Waals surface area contributed by atoms with Crippen molar-refractivity contribution < 1.29 is 18.7 Å². The summed E-state index contributed by atoms with van der Waals surface area (Å²) >= 11 is 1.22. The number of hydrogen-bond donors (Lipinski definition) is 0. The van der Waals surface area contributed by atoms with Gasteiger partial charge in [0.05, 0.1) is 5.75 Å². The molecule has 1 amide bonds. The third-order valence-electron chi connectivity index (χ3n) is 4.80. The first-order valence-corrected chi connectivity index (χ1v) is 10.8. The van der Waals surface area contributed by atoms with Crippen molar-refractivity contribution in [3.8, 4) is 11.5 Å². The van der Waals surface area contributed by atoms with E-state index in [-0.39, 0.29) is 11.7 Å². The van der Waals surface area contributed by atoms with Gasteiger partial charge in [0, 0.05) is 13.6 Å². The second-order valence-corrected chi connectivity index (χ2v) is 7.91. The third-order valence-corrected chi connectivity index (χ3v) is 5.61. The molecule has 1 aliphatic heterocycles. The molecule has 1 aromatic heterocycles. The van der Waals surface area contributed by atoms with Crippen LogP contribution >= 0.6 is 11.8 Å². The summed E-state index contributed by atoms with van der Waals surface area (Å²) in [5.74, 6) is 1.89. The van der Waals surface area contributed by atoms with Gasteiger partial charge in [-0.2, -0.15) is 0 Å². The molecule has 0 aliphatic carbocycles. The lowest BCUT2D eigenvalue weighted by atomic mass is 10.1. The predicted octanol–water partition coefficient (Wildman–Crippen LogP) is 3.90. The summed E-state index contributed by atoms with van der Waals surface area (Å²) in [7, 11) is 1.79. The first-order valence-electron chi connectivity index (χ1n) is 9.79. The maximum atomic E-state index is 12.5. The summed E-state index contributed by atoms with van der Waals surface area (Å²) in [5.41, 5.74) is 2.38. The largest absolute Gasteiger partial charge is 0.485 e. The lowest BCUT2D eigenvalue weighted by Crippen LogP contribution is -2.27. The molecule has 1 aliphatic rings. The van der Waals surface area contributed by atoms with Crippen molar-refractivity contribution in [2.45, 2.75) is 31.2 Å². The second kappa shape index (κ2) is 9.21. The van der Waals surface area contributed by atoms with Crippen LogP contribution in [0.1, 0.15) is 30.0 Å². The highest BCUT2D eigenvalue weighted by molar-refractivity contribution is 7.99. The smallest absolute Gasteiger partial charge is 0.277 e. The minimum absolute atomic E-state index is 0.00880. The van der Waals surface area contributed by atoms with Crippen molar-refractivity contribution in [2.75, 3.05) is 19.4 Å². The van der Waals surface area contributed by atoms with Gasteiger partial charge in [-0.25, -0.2) is 0 Å².